The van der Waals surface area contributed by atoms with E-state index < -0.39 is 5.91 Å². The van der Waals surface area contributed by atoms with E-state index >= 15 is 0 Å². The molecule has 3 aromatic rings. The highest BCUT2D eigenvalue weighted by atomic mass is 16.2. The first-order valence-electron chi connectivity index (χ1n) is 7.61. The van der Waals surface area contributed by atoms with Crippen molar-refractivity contribution in [1.82, 2.24) is 15.3 Å². The van der Waals surface area contributed by atoms with Crippen molar-refractivity contribution in [2.24, 2.45) is 5.73 Å². The first-order valence-corrected chi connectivity index (χ1v) is 7.61. The zero-order valence-corrected chi connectivity index (χ0v) is 12.8. The number of pyridine rings is 1. The monoisotopic (exact) mass is 310 g/mol. The Labute approximate surface area is 133 Å². The largest absolute Gasteiger partial charge is 0.364 e. The van der Waals surface area contributed by atoms with E-state index in [9.17, 15) is 9.59 Å². The van der Waals surface area contributed by atoms with E-state index in [2.05, 4.69) is 15.3 Å². The number of carbonyl (C=O) groups excluding carboxylic acids is 2. The van der Waals surface area contributed by atoms with Gasteiger partial charge in [-0.05, 0) is 18.6 Å². The Kier molecular flexibility index (Phi) is 3.97. The van der Waals surface area contributed by atoms with Gasteiger partial charge in [0.15, 0.2) is 5.69 Å². The molecule has 0 aliphatic carbocycles. The molecule has 0 bridgehead atoms. The van der Waals surface area contributed by atoms with Gasteiger partial charge in [0, 0.05) is 22.8 Å². The summed E-state index contributed by atoms with van der Waals surface area (Å²) >= 11 is 0. The average molecular weight is 310 g/mol. The summed E-state index contributed by atoms with van der Waals surface area (Å²) in [5, 5.41) is 4.50. The van der Waals surface area contributed by atoms with Gasteiger partial charge in [-0.25, -0.2) is 4.98 Å². The minimum atomic E-state index is -0.662. The van der Waals surface area contributed by atoms with Crippen LogP contribution in [0.25, 0.3) is 21.8 Å². The number of nitrogens with one attached hydrogen (secondary N) is 2. The van der Waals surface area contributed by atoms with Gasteiger partial charge in [-0.1, -0.05) is 31.5 Å². The van der Waals surface area contributed by atoms with E-state index in [1.807, 2.05) is 31.2 Å². The van der Waals surface area contributed by atoms with Gasteiger partial charge in [0.05, 0.1) is 5.52 Å². The van der Waals surface area contributed by atoms with Crippen LogP contribution >= 0.6 is 0 Å². The summed E-state index contributed by atoms with van der Waals surface area (Å²) in [6, 6.07) is 9.33. The van der Waals surface area contributed by atoms with E-state index in [1.165, 1.54) is 0 Å². The molecule has 1 aromatic carbocycles. The van der Waals surface area contributed by atoms with Gasteiger partial charge < -0.3 is 16.0 Å². The lowest BCUT2D eigenvalue weighted by molar-refractivity contribution is 0.0948. The maximum atomic E-state index is 12.3. The summed E-state index contributed by atoms with van der Waals surface area (Å²) in [7, 11) is 0. The molecule has 4 N–H and O–H groups in total. The number of unbranched alkanes of at least 4 members (excludes halogenated alkanes) is 1. The first kappa shape index (κ1) is 15.0. The third-order valence-corrected chi connectivity index (χ3v) is 3.78. The number of nitrogens with two attached hydrogens (primary N) is 1. The minimum Gasteiger partial charge on any atom is -0.364 e. The lowest BCUT2D eigenvalue weighted by Crippen LogP contribution is -2.26. The van der Waals surface area contributed by atoms with E-state index in [-0.39, 0.29) is 17.3 Å². The summed E-state index contributed by atoms with van der Waals surface area (Å²) in [6.07, 6.45) is 1.88. The molecule has 0 saturated carbocycles. The molecule has 0 unspecified atom stereocenters. The van der Waals surface area contributed by atoms with Crippen LogP contribution in [-0.2, 0) is 0 Å². The maximum absolute atomic E-state index is 12.3. The quantitative estimate of drug-likeness (QED) is 0.630. The number of primary amides is 1. The molecule has 0 aliphatic heterocycles. The van der Waals surface area contributed by atoms with Crippen molar-refractivity contribution < 1.29 is 9.59 Å². The molecular formula is C17H18N4O2. The third kappa shape index (κ3) is 2.75. The first-order chi connectivity index (χ1) is 11.1. The molecule has 118 valence electrons. The number of nitrogens with zero attached hydrogens (tertiary/aromatic N) is 1. The summed E-state index contributed by atoms with van der Waals surface area (Å²) in [4.78, 5) is 31.3. The number of carbonyl (C=O) groups is 2. The van der Waals surface area contributed by atoms with Crippen molar-refractivity contribution in [3.05, 3.63) is 41.7 Å². The van der Waals surface area contributed by atoms with Crippen molar-refractivity contribution in [3.63, 3.8) is 0 Å². The molecule has 6 nitrogen and oxygen atoms in total. The summed E-state index contributed by atoms with van der Waals surface area (Å²) in [5.74, 6) is -0.960. The second-order valence-electron chi connectivity index (χ2n) is 5.42. The summed E-state index contributed by atoms with van der Waals surface area (Å²) in [6.45, 7) is 2.63. The van der Waals surface area contributed by atoms with Crippen LogP contribution in [0.4, 0.5) is 0 Å². The minimum absolute atomic E-state index is 0.0827. The fourth-order valence-corrected chi connectivity index (χ4v) is 2.61. The van der Waals surface area contributed by atoms with Gasteiger partial charge in [-0.15, -0.1) is 0 Å². The number of H-pyrrole nitrogens is 1. The van der Waals surface area contributed by atoms with Crippen LogP contribution in [0.3, 0.4) is 0 Å². The van der Waals surface area contributed by atoms with Gasteiger partial charge in [0.1, 0.15) is 5.69 Å². The SMILES string of the molecule is CCCCNC(=O)c1cc2c([nH]c3ccccc32)c(C(N)=O)n1. The number of rotatable bonds is 5. The number of hydrogen-bond acceptors (Lipinski definition) is 3. The average Bonchev–Trinajstić information content (AvgIpc) is 2.92. The van der Waals surface area contributed by atoms with E-state index in [0.717, 1.165) is 29.1 Å². The van der Waals surface area contributed by atoms with Crippen molar-refractivity contribution in [2.45, 2.75) is 19.8 Å². The Morgan fingerprint density at radius 2 is 2.04 bits per heavy atom. The molecule has 0 fully saturated rings. The number of benzene rings is 1. The highest BCUT2D eigenvalue weighted by molar-refractivity contribution is 6.15. The molecule has 0 saturated heterocycles. The van der Waals surface area contributed by atoms with E-state index in [4.69, 9.17) is 5.73 Å². The zero-order chi connectivity index (χ0) is 16.4. The van der Waals surface area contributed by atoms with Gasteiger partial charge in [0.2, 0.25) is 0 Å². The van der Waals surface area contributed by atoms with Crippen LogP contribution in [0.1, 0.15) is 40.7 Å². The smallest absolute Gasteiger partial charge is 0.269 e. The van der Waals surface area contributed by atoms with Crippen LogP contribution < -0.4 is 11.1 Å². The number of aromatic amines is 1. The number of hydrogen-bond donors (Lipinski definition) is 3. The molecule has 0 spiro atoms. The number of amides is 2. The second kappa shape index (κ2) is 6.08. The predicted octanol–water partition coefficient (Wildman–Crippen LogP) is 2.34. The lowest BCUT2D eigenvalue weighted by atomic mass is 10.1. The fourth-order valence-electron chi connectivity index (χ4n) is 2.61. The predicted molar refractivity (Wildman–Crippen MR) is 89.4 cm³/mol. The molecule has 23 heavy (non-hydrogen) atoms. The van der Waals surface area contributed by atoms with Crippen LogP contribution in [0, 0.1) is 0 Å². The van der Waals surface area contributed by atoms with Crippen LogP contribution in [0.2, 0.25) is 0 Å². The van der Waals surface area contributed by atoms with Crippen LogP contribution in [0.15, 0.2) is 30.3 Å². The third-order valence-electron chi connectivity index (χ3n) is 3.78. The molecular weight excluding hydrogens is 292 g/mol. The number of fused-ring (bicyclic) bond motifs is 3. The van der Waals surface area contributed by atoms with Crippen molar-refractivity contribution in [1.29, 1.82) is 0 Å². The molecule has 2 heterocycles. The van der Waals surface area contributed by atoms with Gasteiger partial charge in [0.25, 0.3) is 11.8 Å². The Hall–Kier alpha value is -2.89. The fraction of sp³-hybridized carbons (Fsp3) is 0.235. The molecule has 6 heteroatoms. The highest BCUT2D eigenvalue weighted by Gasteiger charge is 2.18. The topological polar surface area (TPSA) is 101 Å². The second-order valence-corrected chi connectivity index (χ2v) is 5.42. The van der Waals surface area contributed by atoms with Crippen molar-refractivity contribution >= 4 is 33.6 Å². The Balaban J connectivity index is 2.14. The summed E-state index contributed by atoms with van der Waals surface area (Å²) in [5.41, 5.74) is 7.15. The van der Waals surface area contributed by atoms with Crippen LogP contribution in [-0.4, -0.2) is 28.3 Å². The molecule has 0 aliphatic rings. The Morgan fingerprint density at radius 1 is 1.26 bits per heavy atom. The van der Waals surface area contributed by atoms with E-state index in [0.29, 0.717) is 12.1 Å². The lowest BCUT2D eigenvalue weighted by Gasteiger charge is -2.06. The molecule has 0 atom stereocenters. The van der Waals surface area contributed by atoms with Gasteiger partial charge >= 0.3 is 0 Å². The molecule has 2 amide bonds. The van der Waals surface area contributed by atoms with Gasteiger partial charge in [-0.3, -0.25) is 9.59 Å². The van der Waals surface area contributed by atoms with Crippen LogP contribution in [0.5, 0.6) is 0 Å². The zero-order valence-electron chi connectivity index (χ0n) is 12.8. The van der Waals surface area contributed by atoms with Crippen molar-refractivity contribution in [2.75, 3.05) is 6.54 Å². The molecule has 2 aromatic heterocycles. The summed E-state index contributed by atoms with van der Waals surface area (Å²) < 4.78 is 0. The standard InChI is InChI=1S/C17H18N4O2/c1-2-3-8-19-17(23)13-9-11-10-6-4-5-7-12(10)20-14(11)15(21-13)16(18)22/h4-7,9,20H,2-3,8H2,1H3,(H2,18,22)(H,19,23). The van der Waals surface area contributed by atoms with E-state index in [1.54, 1.807) is 6.07 Å². The van der Waals surface area contributed by atoms with Crippen molar-refractivity contribution in [3.8, 4) is 0 Å². The number of aromatic nitrogens is 2. The van der Waals surface area contributed by atoms with Gasteiger partial charge in [-0.2, -0.15) is 0 Å². The molecule has 3 rings (SSSR count). The molecule has 0 radical (unpaired) electrons. The normalized spacial score (nSPS) is 11.0. The number of para-hydroxylation sites is 1. The highest BCUT2D eigenvalue weighted by Crippen LogP contribution is 2.27. The Bertz CT molecular complexity index is 898. The Morgan fingerprint density at radius 3 is 2.78 bits per heavy atom. The maximum Gasteiger partial charge on any atom is 0.269 e.